The molecule has 246 valence electrons. The number of nitrogens with zero attached hydrogens (tertiary/aromatic N) is 3. The van der Waals surface area contributed by atoms with Crippen LogP contribution in [-0.2, 0) is 29.0 Å². The molecule has 2 aliphatic rings. The Morgan fingerprint density at radius 2 is 1.62 bits per heavy atom. The highest BCUT2D eigenvalue weighted by molar-refractivity contribution is 6.03. The predicted molar refractivity (Wildman–Crippen MR) is 181 cm³/mol. The van der Waals surface area contributed by atoms with Crippen LogP contribution >= 0.6 is 0 Å². The van der Waals surface area contributed by atoms with Crippen LogP contribution in [0.3, 0.4) is 0 Å². The van der Waals surface area contributed by atoms with Crippen LogP contribution in [0.15, 0.2) is 91.1 Å². The summed E-state index contributed by atoms with van der Waals surface area (Å²) in [5.41, 5.74) is 7.50. The van der Waals surface area contributed by atoms with Crippen LogP contribution in [0.25, 0.3) is 11.0 Å². The van der Waals surface area contributed by atoms with Gasteiger partial charge in [-0.25, -0.2) is 4.98 Å². The van der Waals surface area contributed by atoms with Crippen LogP contribution in [0.1, 0.15) is 57.1 Å². The summed E-state index contributed by atoms with van der Waals surface area (Å²) in [7, 11) is 3.32. The molecule has 2 aliphatic heterocycles. The van der Waals surface area contributed by atoms with Crippen LogP contribution < -0.4 is 14.8 Å². The number of nitrogens with one attached hydrogen (secondary N) is 1. The summed E-state index contributed by atoms with van der Waals surface area (Å²) >= 11 is 0. The summed E-state index contributed by atoms with van der Waals surface area (Å²) in [4.78, 5) is 24.2. The molecule has 1 saturated heterocycles. The Hall–Kier alpha value is -4.87. The molecule has 3 atom stereocenters. The van der Waals surface area contributed by atoms with E-state index < -0.39 is 6.29 Å². The predicted octanol–water partition coefficient (Wildman–Crippen LogP) is 6.00. The second-order valence-corrected chi connectivity index (χ2v) is 12.1. The number of aromatic nitrogens is 2. The van der Waals surface area contributed by atoms with Gasteiger partial charge in [-0.15, -0.1) is 0 Å². The van der Waals surface area contributed by atoms with Crippen molar-refractivity contribution in [3.05, 3.63) is 125 Å². The number of anilines is 1. The molecule has 48 heavy (non-hydrogen) atoms. The van der Waals surface area contributed by atoms with E-state index in [1.54, 1.807) is 14.2 Å². The lowest BCUT2D eigenvalue weighted by molar-refractivity contribution is -0.253. The topological polar surface area (TPSA) is 115 Å². The van der Waals surface area contributed by atoms with Crippen molar-refractivity contribution in [3.63, 3.8) is 0 Å². The van der Waals surface area contributed by atoms with Gasteiger partial charge in [0.25, 0.3) is 5.91 Å². The van der Waals surface area contributed by atoms with E-state index in [4.69, 9.17) is 18.9 Å². The molecule has 10 nitrogen and oxygen atoms in total. The Balaban J connectivity index is 1.07. The minimum atomic E-state index is -0.608. The van der Waals surface area contributed by atoms with Gasteiger partial charge in [0.2, 0.25) is 0 Å². The van der Waals surface area contributed by atoms with E-state index in [1.807, 2.05) is 72.8 Å². The lowest BCUT2D eigenvalue weighted by Crippen LogP contribution is -2.41. The van der Waals surface area contributed by atoms with Crippen molar-refractivity contribution in [1.82, 2.24) is 14.9 Å². The molecule has 10 heteroatoms. The molecule has 0 aliphatic carbocycles. The zero-order chi connectivity index (χ0) is 33.0. The van der Waals surface area contributed by atoms with Gasteiger partial charge in [-0.2, -0.15) is 0 Å². The van der Waals surface area contributed by atoms with Gasteiger partial charge in [-0.05, 0) is 65.1 Å². The average Bonchev–Trinajstić information content (AvgIpc) is 3.14. The van der Waals surface area contributed by atoms with Crippen LogP contribution in [0.4, 0.5) is 5.69 Å². The second-order valence-electron chi connectivity index (χ2n) is 12.1. The summed E-state index contributed by atoms with van der Waals surface area (Å²) in [5.74, 6) is 1.15. The fraction of sp³-hybridized carbons (Fsp3) is 0.289. The zero-order valence-electron chi connectivity index (χ0n) is 27.0. The molecule has 4 aromatic carbocycles. The first kappa shape index (κ1) is 31.7. The Morgan fingerprint density at radius 3 is 2.35 bits per heavy atom. The number of hydrogen-bond donors (Lipinski definition) is 2. The molecule has 2 N–H and O–H groups in total. The number of fused-ring (bicyclic) bond motifs is 2. The van der Waals surface area contributed by atoms with Gasteiger partial charge in [0.05, 0.1) is 50.3 Å². The third-order valence-corrected chi connectivity index (χ3v) is 9.00. The highest BCUT2D eigenvalue weighted by Gasteiger charge is 2.34. The number of carbonyl (C=O) groups is 1. The van der Waals surface area contributed by atoms with Crippen molar-refractivity contribution >= 4 is 22.6 Å². The van der Waals surface area contributed by atoms with Crippen molar-refractivity contribution in [1.29, 1.82) is 0 Å². The number of ether oxygens (including phenoxy) is 4. The molecular formula is C38H38N4O6. The van der Waals surface area contributed by atoms with Crippen molar-refractivity contribution in [2.75, 3.05) is 32.6 Å². The molecule has 0 spiro atoms. The van der Waals surface area contributed by atoms with Crippen molar-refractivity contribution in [2.45, 2.75) is 44.5 Å². The van der Waals surface area contributed by atoms with Crippen molar-refractivity contribution < 1.29 is 28.8 Å². The number of methoxy groups -OCH3 is 2. The molecule has 1 fully saturated rings. The molecule has 0 radical (unpaired) electrons. The minimum absolute atomic E-state index is 0.0103. The average molecular weight is 647 g/mol. The fourth-order valence-electron chi connectivity index (χ4n) is 6.40. The van der Waals surface area contributed by atoms with E-state index in [0.717, 1.165) is 59.8 Å². The van der Waals surface area contributed by atoms with Gasteiger partial charge >= 0.3 is 0 Å². The molecule has 3 unspecified atom stereocenters. The molecule has 0 bridgehead atoms. The molecule has 0 saturated carbocycles. The lowest BCUT2D eigenvalue weighted by atomic mass is 9.97. The first-order chi connectivity index (χ1) is 23.5. The Morgan fingerprint density at radius 1 is 0.917 bits per heavy atom. The van der Waals surface area contributed by atoms with Crippen molar-refractivity contribution in [3.8, 4) is 11.5 Å². The molecule has 7 rings (SSSR count). The minimum Gasteiger partial charge on any atom is -0.493 e. The molecular weight excluding hydrogens is 608 g/mol. The number of rotatable bonds is 9. The van der Waals surface area contributed by atoms with Crippen molar-refractivity contribution in [2.24, 2.45) is 0 Å². The van der Waals surface area contributed by atoms with Crippen LogP contribution in [0.2, 0.25) is 0 Å². The zero-order valence-corrected chi connectivity index (χ0v) is 27.0. The third-order valence-electron chi connectivity index (χ3n) is 9.00. The summed E-state index contributed by atoms with van der Waals surface area (Å²) in [6, 6.07) is 27.0. The van der Waals surface area contributed by atoms with E-state index in [0.29, 0.717) is 17.6 Å². The first-order valence-electron chi connectivity index (χ1n) is 16.1. The lowest BCUT2D eigenvalue weighted by Gasteiger charge is -2.39. The Kier molecular flexibility index (Phi) is 9.31. The maximum Gasteiger partial charge on any atom is 0.275 e. The Bertz CT molecular complexity index is 1900. The summed E-state index contributed by atoms with van der Waals surface area (Å²) in [5, 5.41) is 12.5. The molecule has 1 amide bonds. The number of benzene rings is 4. The summed E-state index contributed by atoms with van der Waals surface area (Å²) in [6.07, 6.45) is 2.17. The number of aliphatic hydroxyl groups excluding tert-OH is 1. The summed E-state index contributed by atoms with van der Waals surface area (Å²) < 4.78 is 24.3. The second kappa shape index (κ2) is 14.1. The standard InChI is InChI=1S/C38H38N4O6/c1-45-35-17-27-15-16-42(21-28(27)18-36(35)46-2)22-30-19-34(25-9-7-24(23-43)8-10-25)48-38(47-30)26-11-13-29(14-12-26)40-37(44)33-20-39-31-5-3-4-6-32(31)41-33/h3-14,17-18,20,30,34,38,43H,15-16,19,21-23H2,1-2H3,(H,40,44). The monoisotopic (exact) mass is 646 g/mol. The first-order valence-corrected chi connectivity index (χ1v) is 16.1. The van der Waals surface area contributed by atoms with Crippen LogP contribution in [-0.4, -0.2) is 59.3 Å². The number of para-hydroxylation sites is 2. The Labute approximate surface area is 279 Å². The van der Waals surface area contributed by atoms with Gasteiger partial charge in [0, 0.05) is 37.3 Å². The third kappa shape index (κ3) is 6.88. The van der Waals surface area contributed by atoms with E-state index in [-0.39, 0.29) is 30.4 Å². The van der Waals surface area contributed by atoms with E-state index >= 15 is 0 Å². The van der Waals surface area contributed by atoms with Crippen LogP contribution in [0, 0.1) is 0 Å². The van der Waals surface area contributed by atoms with Crippen LogP contribution in [0.5, 0.6) is 11.5 Å². The van der Waals surface area contributed by atoms with Gasteiger partial charge in [0.15, 0.2) is 17.8 Å². The van der Waals surface area contributed by atoms with E-state index in [1.165, 1.54) is 17.3 Å². The van der Waals surface area contributed by atoms with Gasteiger partial charge in [-0.1, -0.05) is 48.5 Å². The maximum atomic E-state index is 13.0. The van der Waals surface area contributed by atoms with E-state index in [2.05, 4.69) is 32.3 Å². The number of hydrogen-bond acceptors (Lipinski definition) is 9. The number of carbonyl (C=O) groups excluding carboxylic acids is 1. The highest BCUT2D eigenvalue weighted by atomic mass is 16.7. The van der Waals surface area contributed by atoms with E-state index in [9.17, 15) is 9.90 Å². The largest absolute Gasteiger partial charge is 0.493 e. The normalized spacial score (nSPS) is 19.4. The fourth-order valence-corrected chi connectivity index (χ4v) is 6.40. The summed E-state index contributed by atoms with van der Waals surface area (Å²) in [6.45, 7) is 2.41. The van der Waals surface area contributed by atoms with Gasteiger partial charge in [-0.3, -0.25) is 14.7 Å². The quantitative estimate of drug-likeness (QED) is 0.199. The number of aliphatic hydroxyl groups is 1. The molecule has 3 heterocycles. The SMILES string of the molecule is COc1cc2c(cc1OC)CN(CC1CC(c3ccc(CO)cc3)OC(c3ccc(NC(=O)c4cnc5ccccc5n4)cc3)O1)CC2. The maximum absolute atomic E-state index is 13.0. The van der Waals surface area contributed by atoms with Gasteiger partial charge in [0.1, 0.15) is 5.69 Å². The molecule has 1 aromatic heterocycles. The van der Waals surface area contributed by atoms with Gasteiger partial charge < -0.3 is 29.4 Å². The smallest absolute Gasteiger partial charge is 0.275 e. The highest BCUT2D eigenvalue weighted by Crippen LogP contribution is 2.39. The molecule has 5 aromatic rings. The number of amides is 1.